The van der Waals surface area contributed by atoms with Crippen molar-refractivity contribution >= 4 is 0 Å². The van der Waals surface area contributed by atoms with E-state index in [2.05, 4.69) is 0 Å². The van der Waals surface area contributed by atoms with Gasteiger partial charge in [-0.05, 0) is 0 Å². The number of aliphatic hydroxyl groups excluding tert-OH is 4. The number of hydrogen-bond donors (Lipinski definition) is 5. The first-order chi connectivity index (χ1) is 5.57. The van der Waals surface area contributed by atoms with Crippen molar-refractivity contribution in [1.29, 1.82) is 0 Å². The second-order valence-electron chi connectivity index (χ2n) is 2.81. The largest absolute Gasteiger partial charge is 0.412 e. The highest BCUT2D eigenvalue weighted by Crippen LogP contribution is 2.17. The fourth-order valence-electron chi connectivity index (χ4n) is 1.12. The fraction of sp³-hybridized carbons (Fsp3) is 1.00. The molecule has 8 heteroatoms. The van der Waals surface area contributed by atoms with Gasteiger partial charge in [-0.1, -0.05) is 0 Å². The van der Waals surface area contributed by atoms with Gasteiger partial charge < -0.3 is 41.8 Å². The molecule has 1 rings (SSSR count). The maximum Gasteiger partial charge on any atom is 0.173 e. The number of ether oxygens (including phenoxy) is 1. The van der Waals surface area contributed by atoms with E-state index >= 15 is 0 Å². The highest BCUT2D eigenvalue weighted by atomic mass is 16.6. The summed E-state index contributed by atoms with van der Waals surface area (Å²) in [6.45, 7) is -0.470. The average Bonchev–Trinajstić information content (AvgIpc) is 2.08. The van der Waals surface area contributed by atoms with Crippen molar-refractivity contribution < 1.29 is 36.1 Å². The highest BCUT2D eigenvalue weighted by Gasteiger charge is 2.41. The van der Waals surface area contributed by atoms with Crippen LogP contribution in [0.2, 0.25) is 0 Å². The molecule has 1 aliphatic heterocycles. The van der Waals surface area contributed by atoms with E-state index in [1.807, 2.05) is 0 Å². The summed E-state index contributed by atoms with van der Waals surface area (Å²) in [4.78, 5) is 0. The van der Waals surface area contributed by atoms with Crippen LogP contribution in [0.5, 0.6) is 0 Å². The van der Waals surface area contributed by atoms with E-state index in [4.69, 9.17) is 20.7 Å². The number of aliphatic hydroxyl groups is 4. The first-order valence-corrected chi connectivity index (χ1v) is 3.64. The molecule has 0 spiro atoms. The molecule has 0 bridgehead atoms. The van der Waals surface area contributed by atoms with E-state index in [9.17, 15) is 10.2 Å². The van der Waals surface area contributed by atoms with Crippen LogP contribution in [0.15, 0.2) is 0 Å². The van der Waals surface area contributed by atoms with Gasteiger partial charge in [-0.25, -0.2) is 0 Å². The van der Waals surface area contributed by atoms with Crippen LogP contribution in [0.1, 0.15) is 0 Å². The molecule has 8 nitrogen and oxygen atoms in total. The molecular weight excluding hydrogens is 198 g/mol. The molecule has 1 unspecified atom stereocenters. The molecule has 1 fully saturated rings. The molecule has 5 atom stereocenters. The van der Waals surface area contributed by atoms with Crippen LogP contribution >= 0.6 is 0 Å². The fourth-order valence-corrected chi connectivity index (χ4v) is 1.12. The molecule has 1 aliphatic rings. The molecule has 10 N–H and O–H groups in total. The Hall–Kier alpha value is -0.320. The molecule has 1 saturated heterocycles. The predicted octanol–water partition coefficient (Wildman–Crippen LogP) is -4.90. The van der Waals surface area contributed by atoms with Crippen LogP contribution in [-0.2, 0) is 4.74 Å². The second kappa shape index (κ2) is 6.22. The third-order valence-corrected chi connectivity index (χ3v) is 1.95. The summed E-state index contributed by atoms with van der Waals surface area (Å²) >= 11 is 0. The summed E-state index contributed by atoms with van der Waals surface area (Å²) in [5, 5.41) is 36.1. The Balaban J connectivity index is 0. The van der Waals surface area contributed by atoms with Gasteiger partial charge in [-0.3, -0.25) is 0 Å². The minimum Gasteiger partial charge on any atom is -0.412 e. The van der Waals surface area contributed by atoms with Crippen molar-refractivity contribution in [2.75, 3.05) is 6.61 Å². The molecule has 0 radical (unpaired) electrons. The standard InChI is InChI=1S/C6H13NO5.2H2O/c7-3-5(10)4(9)2(1-8)12-6(3)11;;/h2-6,8-11H,1,7H2;2*1H2/t2-,3-,4-,5-,6?;;/m1../s1. The van der Waals surface area contributed by atoms with Crippen LogP contribution in [0.25, 0.3) is 0 Å². The van der Waals surface area contributed by atoms with Gasteiger partial charge >= 0.3 is 0 Å². The Kier molecular flexibility index (Phi) is 7.16. The van der Waals surface area contributed by atoms with E-state index in [1.165, 1.54) is 0 Å². The smallest absolute Gasteiger partial charge is 0.173 e. The zero-order valence-corrected chi connectivity index (χ0v) is 7.37. The Morgan fingerprint density at radius 3 is 2.00 bits per heavy atom. The van der Waals surface area contributed by atoms with Gasteiger partial charge in [-0.15, -0.1) is 0 Å². The number of nitrogens with two attached hydrogens (primary N) is 1. The van der Waals surface area contributed by atoms with Gasteiger partial charge in [0.15, 0.2) is 6.29 Å². The molecular formula is C6H17NO7. The van der Waals surface area contributed by atoms with Crippen LogP contribution in [0.4, 0.5) is 0 Å². The van der Waals surface area contributed by atoms with Crippen molar-refractivity contribution in [3.8, 4) is 0 Å². The Morgan fingerprint density at radius 1 is 1.07 bits per heavy atom. The molecule has 1 heterocycles. The third kappa shape index (κ3) is 2.83. The van der Waals surface area contributed by atoms with Gasteiger partial charge in [0.05, 0.1) is 12.6 Å². The van der Waals surface area contributed by atoms with E-state index in [1.54, 1.807) is 0 Å². The zero-order valence-electron chi connectivity index (χ0n) is 7.37. The van der Waals surface area contributed by atoms with Gasteiger partial charge in [0.25, 0.3) is 0 Å². The Bertz CT molecular complexity index is 152. The lowest BCUT2D eigenvalue weighted by atomic mass is 9.98. The molecule has 0 aliphatic carbocycles. The SMILES string of the molecule is N[C@H]1C(O)O[C@H](CO)[C@@H](O)[C@@H]1O.O.O. The molecule has 88 valence electrons. The topological polar surface area (TPSA) is 179 Å². The van der Waals surface area contributed by atoms with Crippen LogP contribution in [0.3, 0.4) is 0 Å². The lowest BCUT2D eigenvalue weighted by Crippen LogP contribution is -2.61. The van der Waals surface area contributed by atoms with Crippen molar-refractivity contribution in [1.82, 2.24) is 0 Å². The normalized spacial score (nSPS) is 42.2. The summed E-state index contributed by atoms with van der Waals surface area (Å²) in [6, 6.07) is -1.04. The zero-order chi connectivity index (χ0) is 9.30. The number of hydrogen-bond acceptors (Lipinski definition) is 6. The van der Waals surface area contributed by atoms with E-state index in [0.29, 0.717) is 0 Å². The maximum atomic E-state index is 9.20. The van der Waals surface area contributed by atoms with Gasteiger partial charge in [-0.2, -0.15) is 0 Å². The Morgan fingerprint density at radius 2 is 1.57 bits per heavy atom. The summed E-state index contributed by atoms with van der Waals surface area (Å²) in [5.74, 6) is 0. The van der Waals surface area contributed by atoms with Crippen LogP contribution in [-0.4, -0.2) is 68.6 Å². The second-order valence-corrected chi connectivity index (χ2v) is 2.81. The Labute approximate surface area is 80.2 Å². The van der Waals surface area contributed by atoms with Gasteiger partial charge in [0, 0.05) is 0 Å². The minimum atomic E-state index is -1.35. The molecule has 0 amide bonds. The predicted molar refractivity (Wildman–Crippen MR) is 45.2 cm³/mol. The van der Waals surface area contributed by atoms with Crippen LogP contribution in [0, 0.1) is 0 Å². The molecule has 14 heavy (non-hydrogen) atoms. The first kappa shape index (κ1) is 16.1. The quantitative estimate of drug-likeness (QED) is 0.292. The van der Waals surface area contributed by atoms with Crippen molar-refractivity contribution in [2.24, 2.45) is 5.73 Å². The van der Waals surface area contributed by atoms with E-state index in [0.717, 1.165) is 0 Å². The lowest BCUT2D eigenvalue weighted by Gasteiger charge is -2.38. The summed E-state index contributed by atoms with van der Waals surface area (Å²) in [6.07, 6.45) is -4.85. The van der Waals surface area contributed by atoms with Gasteiger partial charge in [0.2, 0.25) is 0 Å². The monoisotopic (exact) mass is 215 g/mol. The average molecular weight is 215 g/mol. The maximum absolute atomic E-state index is 9.20. The summed E-state index contributed by atoms with van der Waals surface area (Å²) < 4.78 is 4.70. The van der Waals surface area contributed by atoms with Crippen LogP contribution < -0.4 is 5.73 Å². The van der Waals surface area contributed by atoms with E-state index in [-0.39, 0.29) is 11.0 Å². The summed E-state index contributed by atoms with van der Waals surface area (Å²) in [7, 11) is 0. The van der Waals surface area contributed by atoms with Crippen molar-refractivity contribution in [2.45, 2.75) is 30.6 Å². The highest BCUT2D eigenvalue weighted by molar-refractivity contribution is 4.90. The molecule has 0 aromatic heterocycles. The minimum absolute atomic E-state index is 0. The third-order valence-electron chi connectivity index (χ3n) is 1.95. The van der Waals surface area contributed by atoms with Crippen molar-refractivity contribution in [3.63, 3.8) is 0 Å². The van der Waals surface area contributed by atoms with Crippen molar-refractivity contribution in [3.05, 3.63) is 0 Å². The molecule has 0 saturated carbocycles. The molecule has 0 aromatic carbocycles. The lowest BCUT2D eigenvalue weighted by molar-refractivity contribution is -0.248. The first-order valence-electron chi connectivity index (χ1n) is 3.64. The van der Waals surface area contributed by atoms with Gasteiger partial charge in [0.1, 0.15) is 18.3 Å². The summed E-state index contributed by atoms with van der Waals surface area (Å²) in [5.41, 5.74) is 5.26. The number of rotatable bonds is 1. The molecule has 0 aromatic rings. The van der Waals surface area contributed by atoms with E-state index < -0.39 is 37.3 Å².